The molecule has 0 heterocycles. The smallest absolute Gasteiger partial charge is 0.212 e. The van der Waals surface area contributed by atoms with Gasteiger partial charge in [0.2, 0.25) is 10.0 Å². The van der Waals surface area contributed by atoms with Gasteiger partial charge in [-0.2, -0.15) is 0 Å². The Morgan fingerprint density at radius 1 is 1.43 bits per heavy atom. The Hall–Kier alpha value is 0.200. The van der Waals surface area contributed by atoms with Crippen LogP contribution in [-0.2, 0) is 10.0 Å². The van der Waals surface area contributed by atoms with Gasteiger partial charge in [-0.3, -0.25) is 0 Å². The highest BCUT2D eigenvalue weighted by Gasteiger charge is 2.44. The Morgan fingerprint density at radius 2 is 2.00 bits per heavy atom. The molecule has 0 aromatic carbocycles. The summed E-state index contributed by atoms with van der Waals surface area (Å²) in [4.78, 5) is 0. The van der Waals surface area contributed by atoms with Gasteiger partial charge >= 0.3 is 0 Å². The summed E-state index contributed by atoms with van der Waals surface area (Å²) in [6.07, 6.45) is 2.45. The van der Waals surface area contributed by atoms with Gasteiger partial charge < -0.3 is 0 Å². The van der Waals surface area contributed by atoms with Crippen molar-refractivity contribution in [2.45, 2.75) is 38.6 Å². The number of hydrogen-bond acceptors (Lipinski definition) is 2. The second kappa shape index (κ2) is 4.37. The van der Waals surface area contributed by atoms with Crippen molar-refractivity contribution in [1.29, 1.82) is 0 Å². The third-order valence-electron chi connectivity index (χ3n) is 2.45. The van der Waals surface area contributed by atoms with Gasteiger partial charge in [-0.1, -0.05) is 13.8 Å². The summed E-state index contributed by atoms with van der Waals surface area (Å²) in [6, 6.07) is 0. The molecule has 0 atom stereocenters. The Morgan fingerprint density at radius 3 is 2.36 bits per heavy atom. The molecule has 84 valence electrons. The van der Waals surface area contributed by atoms with Crippen molar-refractivity contribution >= 4 is 21.6 Å². The van der Waals surface area contributed by atoms with Crippen molar-refractivity contribution in [3.05, 3.63) is 0 Å². The van der Waals surface area contributed by atoms with Gasteiger partial charge in [-0.25, -0.2) is 13.1 Å². The normalized spacial score (nSPS) is 20.0. The van der Waals surface area contributed by atoms with Crippen molar-refractivity contribution < 1.29 is 8.42 Å². The summed E-state index contributed by atoms with van der Waals surface area (Å²) < 4.78 is 25.8. The number of sulfonamides is 1. The summed E-state index contributed by atoms with van der Waals surface area (Å²) in [5, 5.41) is 0. The van der Waals surface area contributed by atoms with E-state index in [-0.39, 0.29) is 11.3 Å². The minimum absolute atomic E-state index is 0.212. The first-order valence-electron chi connectivity index (χ1n) is 4.97. The number of alkyl halides is 1. The summed E-state index contributed by atoms with van der Waals surface area (Å²) in [5.74, 6) is 1.01. The lowest BCUT2D eigenvalue weighted by Gasteiger charge is -2.14. The molecule has 0 aromatic heterocycles. The fourth-order valence-corrected chi connectivity index (χ4v) is 3.42. The maximum absolute atomic E-state index is 11.6. The molecule has 0 radical (unpaired) electrons. The molecule has 1 aliphatic carbocycles. The SMILES string of the molecule is CC(C)CCS(=O)(=O)NC1(CCl)CC1. The zero-order valence-electron chi connectivity index (χ0n) is 8.72. The van der Waals surface area contributed by atoms with E-state index in [2.05, 4.69) is 4.72 Å². The van der Waals surface area contributed by atoms with E-state index in [9.17, 15) is 8.42 Å². The van der Waals surface area contributed by atoms with E-state index in [0.29, 0.717) is 18.2 Å². The molecule has 1 aliphatic rings. The van der Waals surface area contributed by atoms with Gasteiger partial charge in [0.05, 0.1) is 5.75 Å². The van der Waals surface area contributed by atoms with E-state index in [1.54, 1.807) is 0 Å². The summed E-state index contributed by atoms with van der Waals surface area (Å²) >= 11 is 5.70. The zero-order chi connectivity index (χ0) is 10.8. The van der Waals surface area contributed by atoms with Gasteiger partial charge in [0.15, 0.2) is 0 Å². The number of hydrogen-bond donors (Lipinski definition) is 1. The quantitative estimate of drug-likeness (QED) is 0.718. The average Bonchev–Trinajstić information content (AvgIpc) is 2.82. The second-order valence-electron chi connectivity index (χ2n) is 4.52. The largest absolute Gasteiger partial charge is 0.212 e. The van der Waals surface area contributed by atoms with Crippen LogP contribution in [0.5, 0.6) is 0 Å². The molecule has 1 saturated carbocycles. The molecule has 0 spiro atoms. The fourth-order valence-electron chi connectivity index (χ4n) is 1.19. The Bertz CT molecular complexity index is 283. The van der Waals surface area contributed by atoms with E-state index in [1.165, 1.54) is 0 Å². The average molecular weight is 240 g/mol. The lowest BCUT2D eigenvalue weighted by Crippen LogP contribution is -2.39. The molecular weight excluding hydrogens is 222 g/mol. The third-order valence-corrected chi connectivity index (χ3v) is 4.47. The molecule has 0 amide bonds. The highest BCUT2D eigenvalue weighted by atomic mass is 35.5. The Balaban J connectivity index is 2.42. The van der Waals surface area contributed by atoms with Crippen LogP contribution in [0.1, 0.15) is 33.1 Å². The molecule has 0 bridgehead atoms. The summed E-state index contributed by atoms with van der Waals surface area (Å²) in [5.41, 5.74) is -0.308. The standard InChI is InChI=1S/C9H18ClNO2S/c1-8(2)3-6-14(12,13)11-9(7-10)4-5-9/h8,11H,3-7H2,1-2H3. The molecule has 3 nitrogen and oxygen atoms in total. The first-order chi connectivity index (χ1) is 6.39. The molecule has 0 saturated heterocycles. The molecule has 5 heteroatoms. The van der Waals surface area contributed by atoms with Crippen molar-refractivity contribution in [3.63, 3.8) is 0 Å². The monoisotopic (exact) mass is 239 g/mol. The van der Waals surface area contributed by atoms with Crippen LogP contribution in [0.3, 0.4) is 0 Å². The minimum Gasteiger partial charge on any atom is -0.212 e. The van der Waals surface area contributed by atoms with Crippen molar-refractivity contribution in [2.24, 2.45) is 5.92 Å². The molecule has 14 heavy (non-hydrogen) atoms. The van der Waals surface area contributed by atoms with Crippen LogP contribution < -0.4 is 4.72 Å². The van der Waals surface area contributed by atoms with Crippen LogP contribution in [0.2, 0.25) is 0 Å². The van der Waals surface area contributed by atoms with Gasteiger partial charge in [-0.15, -0.1) is 11.6 Å². The number of halogens is 1. The fraction of sp³-hybridized carbons (Fsp3) is 1.00. The highest BCUT2D eigenvalue weighted by Crippen LogP contribution is 2.37. The Kier molecular flexibility index (Phi) is 3.83. The molecule has 0 unspecified atom stereocenters. The van der Waals surface area contributed by atoms with Crippen molar-refractivity contribution in [2.75, 3.05) is 11.6 Å². The third kappa shape index (κ3) is 3.75. The first-order valence-corrected chi connectivity index (χ1v) is 7.15. The van der Waals surface area contributed by atoms with E-state index < -0.39 is 10.0 Å². The van der Waals surface area contributed by atoms with Crippen LogP contribution in [0.15, 0.2) is 0 Å². The summed E-state index contributed by atoms with van der Waals surface area (Å²) in [7, 11) is -3.12. The lowest BCUT2D eigenvalue weighted by molar-refractivity contribution is 0.544. The van der Waals surface area contributed by atoms with Gasteiger partial charge in [0, 0.05) is 11.4 Å². The van der Waals surface area contributed by atoms with E-state index in [0.717, 1.165) is 12.8 Å². The van der Waals surface area contributed by atoms with Crippen LogP contribution in [0.25, 0.3) is 0 Å². The molecule has 1 rings (SSSR count). The highest BCUT2D eigenvalue weighted by molar-refractivity contribution is 7.89. The minimum atomic E-state index is -3.12. The van der Waals surface area contributed by atoms with Crippen LogP contribution >= 0.6 is 11.6 Å². The zero-order valence-corrected chi connectivity index (χ0v) is 10.3. The molecule has 0 aliphatic heterocycles. The van der Waals surface area contributed by atoms with E-state index >= 15 is 0 Å². The van der Waals surface area contributed by atoms with Crippen LogP contribution in [0.4, 0.5) is 0 Å². The Labute approximate surface area is 91.3 Å². The van der Waals surface area contributed by atoms with Gasteiger partial charge in [-0.05, 0) is 25.2 Å². The predicted octanol–water partition coefficient (Wildman–Crippen LogP) is 1.72. The number of rotatable bonds is 6. The summed E-state index contributed by atoms with van der Waals surface area (Å²) in [6.45, 7) is 4.04. The number of nitrogens with one attached hydrogen (secondary N) is 1. The molecule has 0 aromatic rings. The van der Waals surface area contributed by atoms with Gasteiger partial charge in [0.1, 0.15) is 0 Å². The van der Waals surface area contributed by atoms with E-state index in [4.69, 9.17) is 11.6 Å². The van der Waals surface area contributed by atoms with Crippen molar-refractivity contribution in [3.8, 4) is 0 Å². The van der Waals surface area contributed by atoms with Crippen LogP contribution in [0, 0.1) is 5.92 Å². The maximum atomic E-state index is 11.6. The first kappa shape index (κ1) is 12.3. The van der Waals surface area contributed by atoms with Crippen molar-refractivity contribution in [1.82, 2.24) is 4.72 Å². The second-order valence-corrected chi connectivity index (χ2v) is 6.63. The topological polar surface area (TPSA) is 46.2 Å². The van der Waals surface area contributed by atoms with E-state index in [1.807, 2.05) is 13.8 Å². The maximum Gasteiger partial charge on any atom is 0.212 e. The molecule has 1 fully saturated rings. The predicted molar refractivity (Wildman–Crippen MR) is 59.1 cm³/mol. The van der Waals surface area contributed by atoms with Crippen LogP contribution in [-0.4, -0.2) is 25.6 Å². The molecule has 1 N–H and O–H groups in total. The van der Waals surface area contributed by atoms with Gasteiger partial charge in [0.25, 0.3) is 0 Å². The molecular formula is C9H18ClNO2S. The lowest BCUT2D eigenvalue weighted by atomic mass is 10.2.